The van der Waals surface area contributed by atoms with E-state index in [4.69, 9.17) is 0 Å². The van der Waals surface area contributed by atoms with E-state index in [0.717, 1.165) is 11.1 Å². The fourth-order valence-electron chi connectivity index (χ4n) is 3.39. The summed E-state index contributed by atoms with van der Waals surface area (Å²) in [6.45, 7) is 0. The van der Waals surface area contributed by atoms with Gasteiger partial charge >= 0.3 is 0 Å². The molecule has 4 rings (SSSR count). The minimum Gasteiger partial charge on any atom is -0.350 e. The number of rotatable bonds is 7. The number of carbonyl (C=O) groups excluding carboxylic acids is 1. The normalized spacial score (nSPS) is 10.6. The third-order valence-electron chi connectivity index (χ3n) is 4.84. The summed E-state index contributed by atoms with van der Waals surface area (Å²) in [5.41, 5.74) is 2.52. The maximum absolute atomic E-state index is 12.3. The number of nitrogens with zero attached hydrogens (tertiary/aromatic N) is 2. The van der Waals surface area contributed by atoms with Crippen molar-refractivity contribution in [2.24, 2.45) is 0 Å². The molecule has 3 aromatic carbocycles. The molecule has 0 fully saturated rings. The number of benzene rings is 3. The molecule has 0 bridgehead atoms. The van der Waals surface area contributed by atoms with E-state index in [9.17, 15) is 14.9 Å². The molecule has 0 aliphatic rings. The van der Waals surface area contributed by atoms with E-state index in [0.29, 0.717) is 35.3 Å². The number of nitro groups is 1. The van der Waals surface area contributed by atoms with Gasteiger partial charge in [-0.05, 0) is 54.3 Å². The highest BCUT2D eigenvalue weighted by Gasteiger charge is 2.18. The van der Waals surface area contributed by atoms with Crippen molar-refractivity contribution in [3.8, 4) is 0 Å². The number of aromatic nitrogens is 1. The van der Waals surface area contributed by atoms with Gasteiger partial charge in [-0.3, -0.25) is 19.9 Å². The van der Waals surface area contributed by atoms with Gasteiger partial charge in [-0.2, -0.15) is 0 Å². The van der Waals surface area contributed by atoms with Crippen LogP contribution < -0.4 is 10.6 Å². The molecule has 7 nitrogen and oxygen atoms in total. The molecule has 2 N–H and O–H groups in total. The van der Waals surface area contributed by atoms with Crippen LogP contribution >= 0.6 is 0 Å². The zero-order valence-corrected chi connectivity index (χ0v) is 16.6. The molecule has 1 heterocycles. The zero-order valence-electron chi connectivity index (χ0n) is 16.6. The number of carbonyl (C=O) groups is 1. The lowest BCUT2D eigenvalue weighted by Gasteiger charge is -2.11. The minimum absolute atomic E-state index is 0.0166. The van der Waals surface area contributed by atoms with Gasteiger partial charge in [0.15, 0.2) is 0 Å². The Morgan fingerprint density at radius 3 is 2.55 bits per heavy atom. The zero-order chi connectivity index (χ0) is 21.6. The van der Waals surface area contributed by atoms with Gasteiger partial charge in [0.1, 0.15) is 5.69 Å². The standard InChI is InChI=1S/C24H20N4O3/c29-23(14-12-18-7-3-4-15-25-18)27-20-9-5-8-19(16-20)26-22-13-11-17-6-1-2-10-21(17)24(22)28(30)31/h1-11,13,15-16,26H,12,14H2,(H,27,29). The fraction of sp³-hybridized carbons (Fsp3) is 0.0833. The van der Waals surface area contributed by atoms with Gasteiger partial charge in [-0.15, -0.1) is 0 Å². The number of aryl methyl sites for hydroxylation is 1. The first-order valence-electron chi connectivity index (χ1n) is 9.83. The number of pyridine rings is 1. The monoisotopic (exact) mass is 412 g/mol. The Hall–Kier alpha value is -4.26. The Labute approximate surface area is 178 Å². The first-order valence-corrected chi connectivity index (χ1v) is 9.83. The van der Waals surface area contributed by atoms with Crippen molar-refractivity contribution in [1.82, 2.24) is 4.98 Å². The first-order chi connectivity index (χ1) is 15.1. The van der Waals surface area contributed by atoms with Crippen LogP contribution in [0, 0.1) is 10.1 Å². The molecular weight excluding hydrogens is 392 g/mol. The summed E-state index contributed by atoms with van der Waals surface area (Å²) in [6.07, 6.45) is 2.56. The van der Waals surface area contributed by atoms with Gasteiger partial charge in [-0.1, -0.05) is 36.4 Å². The summed E-state index contributed by atoms with van der Waals surface area (Å²) < 4.78 is 0. The number of fused-ring (bicyclic) bond motifs is 1. The molecule has 0 atom stereocenters. The second-order valence-electron chi connectivity index (χ2n) is 7.02. The second-order valence-corrected chi connectivity index (χ2v) is 7.02. The maximum Gasteiger partial charge on any atom is 0.300 e. The largest absolute Gasteiger partial charge is 0.350 e. The van der Waals surface area contributed by atoms with Crippen molar-refractivity contribution in [2.75, 3.05) is 10.6 Å². The topological polar surface area (TPSA) is 97.2 Å². The van der Waals surface area contributed by atoms with Gasteiger partial charge in [0.25, 0.3) is 5.69 Å². The summed E-state index contributed by atoms with van der Waals surface area (Å²) in [6, 6.07) is 23.4. The van der Waals surface area contributed by atoms with Crippen molar-refractivity contribution in [2.45, 2.75) is 12.8 Å². The second kappa shape index (κ2) is 9.04. The summed E-state index contributed by atoms with van der Waals surface area (Å²) in [5, 5.41) is 19.1. The molecule has 0 unspecified atom stereocenters. The van der Waals surface area contributed by atoms with Crippen LogP contribution in [0.1, 0.15) is 12.1 Å². The summed E-state index contributed by atoms with van der Waals surface area (Å²) in [4.78, 5) is 27.9. The number of nitrogens with one attached hydrogen (secondary N) is 2. The fourth-order valence-corrected chi connectivity index (χ4v) is 3.39. The van der Waals surface area contributed by atoms with Crippen LogP contribution in [0.3, 0.4) is 0 Å². The third kappa shape index (κ3) is 4.84. The molecular formula is C24H20N4O3. The van der Waals surface area contributed by atoms with Crippen LogP contribution in [0.15, 0.2) is 85.1 Å². The molecule has 7 heteroatoms. The maximum atomic E-state index is 12.3. The Morgan fingerprint density at radius 1 is 0.935 bits per heavy atom. The Bertz CT molecular complexity index is 1240. The van der Waals surface area contributed by atoms with E-state index >= 15 is 0 Å². The Balaban J connectivity index is 1.49. The minimum atomic E-state index is -0.381. The van der Waals surface area contributed by atoms with Crippen molar-refractivity contribution in [1.29, 1.82) is 0 Å². The van der Waals surface area contributed by atoms with Crippen LogP contribution in [0.5, 0.6) is 0 Å². The quantitative estimate of drug-likeness (QED) is 0.310. The number of nitro benzene ring substituents is 1. The summed E-state index contributed by atoms with van der Waals surface area (Å²) in [5.74, 6) is -0.125. The van der Waals surface area contributed by atoms with Crippen LogP contribution in [0.2, 0.25) is 0 Å². The highest BCUT2D eigenvalue weighted by atomic mass is 16.6. The van der Waals surface area contributed by atoms with Crippen molar-refractivity contribution < 1.29 is 9.72 Å². The smallest absolute Gasteiger partial charge is 0.300 e. The Morgan fingerprint density at radius 2 is 1.74 bits per heavy atom. The lowest BCUT2D eigenvalue weighted by Crippen LogP contribution is -2.12. The van der Waals surface area contributed by atoms with Gasteiger partial charge in [-0.25, -0.2) is 0 Å². The molecule has 0 radical (unpaired) electrons. The molecule has 0 aliphatic heterocycles. The average molecular weight is 412 g/mol. The van der Waals surface area contributed by atoms with Crippen LogP contribution in [0.25, 0.3) is 10.8 Å². The van der Waals surface area contributed by atoms with E-state index in [1.807, 2.05) is 36.4 Å². The van der Waals surface area contributed by atoms with Gasteiger partial charge in [0, 0.05) is 29.7 Å². The number of hydrogen-bond acceptors (Lipinski definition) is 5. The van der Waals surface area contributed by atoms with Gasteiger partial charge in [0.05, 0.1) is 10.3 Å². The van der Waals surface area contributed by atoms with Crippen LogP contribution in [0.4, 0.5) is 22.7 Å². The van der Waals surface area contributed by atoms with Crippen molar-refractivity contribution in [3.63, 3.8) is 0 Å². The van der Waals surface area contributed by atoms with E-state index < -0.39 is 0 Å². The van der Waals surface area contributed by atoms with Gasteiger partial charge < -0.3 is 10.6 Å². The molecule has 154 valence electrons. The number of amides is 1. The molecule has 0 spiro atoms. The number of anilines is 3. The Kier molecular flexibility index (Phi) is 5.84. The lowest BCUT2D eigenvalue weighted by molar-refractivity contribution is -0.382. The highest BCUT2D eigenvalue weighted by molar-refractivity contribution is 5.97. The average Bonchev–Trinajstić information content (AvgIpc) is 2.78. The van der Waals surface area contributed by atoms with Crippen LogP contribution in [-0.2, 0) is 11.2 Å². The molecule has 1 aromatic heterocycles. The molecule has 0 aliphatic carbocycles. The molecule has 4 aromatic rings. The van der Waals surface area contributed by atoms with Crippen molar-refractivity contribution >= 4 is 39.4 Å². The molecule has 0 saturated heterocycles. The first kappa shape index (κ1) is 20.0. The van der Waals surface area contributed by atoms with E-state index in [1.165, 1.54) is 0 Å². The van der Waals surface area contributed by atoms with Crippen molar-refractivity contribution in [3.05, 3.63) is 101 Å². The van der Waals surface area contributed by atoms with Crippen LogP contribution in [-0.4, -0.2) is 15.8 Å². The predicted octanol–water partition coefficient (Wildman–Crippen LogP) is 5.46. The predicted molar refractivity (Wildman–Crippen MR) is 122 cm³/mol. The molecule has 1 amide bonds. The van der Waals surface area contributed by atoms with Gasteiger partial charge in [0.2, 0.25) is 5.91 Å². The third-order valence-corrected chi connectivity index (χ3v) is 4.84. The highest BCUT2D eigenvalue weighted by Crippen LogP contribution is 2.35. The number of hydrogen-bond donors (Lipinski definition) is 2. The van der Waals surface area contributed by atoms with E-state index in [2.05, 4.69) is 15.6 Å². The molecule has 31 heavy (non-hydrogen) atoms. The summed E-state index contributed by atoms with van der Waals surface area (Å²) >= 11 is 0. The summed E-state index contributed by atoms with van der Waals surface area (Å²) in [7, 11) is 0. The SMILES string of the molecule is O=C(CCc1ccccn1)Nc1cccc(Nc2ccc3ccccc3c2[N+](=O)[O-])c1. The van der Waals surface area contributed by atoms with E-state index in [1.54, 1.807) is 48.7 Å². The molecule has 0 saturated carbocycles. The lowest BCUT2D eigenvalue weighted by atomic mass is 10.1. The van der Waals surface area contributed by atoms with E-state index in [-0.39, 0.29) is 16.5 Å².